The Morgan fingerprint density at radius 2 is 2.04 bits per heavy atom. The third-order valence-electron chi connectivity index (χ3n) is 4.52. The van der Waals surface area contributed by atoms with Crippen LogP contribution in [0.5, 0.6) is 0 Å². The Bertz CT molecular complexity index is 507. The number of ether oxygens (including phenoxy) is 2. The maximum Gasteiger partial charge on any atom is 0.194 e. The SMILES string of the molecule is CCCCOCCN=C(NCC)N1CCC(COCc2ccccc2)C1. The normalized spacial score (nSPS) is 17.7. The van der Waals surface area contributed by atoms with E-state index < -0.39 is 0 Å². The molecule has 0 bridgehead atoms. The number of hydrogen-bond donors (Lipinski definition) is 1. The van der Waals surface area contributed by atoms with Crippen LogP contribution in [0.2, 0.25) is 0 Å². The summed E-state index contributed by atoms with van der Waals surface area (Å²) in [5.41, 5.74) is 1.24. The van der Waals surface area contributed by atoms with Crippen LogP contribution in [0.25, 0.3) is 0 Å². The number of benzene rings is 1. The van der Waals surface area contributed by atoms with Crippen molar-refractivity contribution in [2.24, 2.45) is 10.9 Å². The Hall–Kier alpha value is -1.59. The van der Waals surface area contributed by atoms with Gasteiger partial charge >= 0.3 is 0 Å². The predicted molar refractivity (Wildman–Crippen MR) is 107 cm³/mol. The molecular weight excluding hydrogens is 326 g/mol. The smallest absolute Gasteiger partial charge is 0.194 e. The van der Waals surface area contributed by atoms with Gasteiger partial charge in [0.05, 0.1) is 26.4 Å². The van der Waals surface area contributed by atoms with Crippen LogP contribution >= 0.6 is 0 Å². The van der Waals surface area contributed by atoms with Gasteiger partial charge < -0.3 is 19.7 Å². The molecule has 1 N–H and O–H groups in total. The molecule has 1 atom stereocenters. The standard InChI is InChI=1S/C21H35N3O2/c1-3-5-14-25-15-12-23-21(22-4-2)24-13-11-20(16-24)18-26-17-19-9-7-6-8-10-19/h6-10,20H,3-5,11-18H2,1-2H3,(H,22,23). The molecule has 1 heterocycles. The highest BCUT2D eigenvalue weighted by Crippen LogP contribution is 2.17. The first-order chi connectivity index (χ1) is 12.8. The van der Waals surface area contributed by atoms with Gasteiger partial charge in [-0.3, -0.25) is 4.99 Å². The minimum atomic E-state index is 0.573. The first kappa shape index (κ1) is 20.7. The highest BCUT2D eigenvalue weighted by Gasteiger charge is 2.24. The summed E-state index contributed by atoms with van der Waals surface area (Å²) in [6.07, 6.45) is 3.46. The number of hydrogen-bond acceptors (Lipinski definition) is 3. The largest absolute Gasteiger partial charge is 0.380 e. The number of guanidine groups is 1. The summed E-state index contributed by atoms with van der Waals surface area (Å²) in [6, 6.07) is 10.4. The lowest BCUT2D eigenvalue weighted by Gasteiger charge is -2.21. The van der Waals surface area contributed by atoms with Gasteiger partial charge in [-0.05, 0) is 25.3 Å². The van der Waals surface area contributed by atoms with E-state index in [0.29, 0.717) is 19.1 Å². The zero-order valence-corrected chi connectivity index (χ0v) is 16.5. The lowest BCUT2D eigenvalue weighted by atomic mass is 10.1. The Kier molecular flexibility index (Phi) is 10.1. The van der Waals surface area contributed by atoms with Gasteiger partial charge in [0.1, 0.15) is 0 Å². The topological polar surface area (TPSA) is 46.1 Å². The summed E-state index contributed by atoms with van der Waals surface area (Å²) in [4.78, 5) is 7.07. The molecule has 0 saturated carbocycles. The van der Waals surface area contributed by atoms with Crippen molar-refractivity contribution in [3.8, 4) is 0 Å². The molecule has 1 fully saturated rings. The van der Waals surface area contributed by atoms with Crippen LogP contribution in [0.3, 0.4) is 0 Å². The van der Waals surface area contributed by atoms with Crippen molar-refractivity contribution < 1.29 is 9.47 Å². The predicted octanol–water partition coefficient (Wildman–Crippen LogP) is 3.31. The third kappa shape index (κ3) is 7.75. The minimum Gasteiger partial charge on any atom is -0.380 e. The van der Waals surface area contributed by atoms with Crippen molar-refractivity contribution in [2.75, 3.05) is 46.0 Å². The maximum atomic E-state index is 5.92. The van der Waals surface area contributed by atoms with Gasteiger partial charge in [-0.15, -0.1) is 0 Å². The summed E-state index contributed by atoms with van der Waals surface area (Å²) in [5, 5.41) is 3.41. The number of rotatable bonds is 11. The number of nitrogens with zero attached hydrogens (tertiary/aromatic N) is 2. The fourth-order valence-corrected chi connectivity index (χ4v) is 3.07. The number of aliphatic imine (C=N–C) groups is 1. The van der Waals surface area contributed by atoms with E-state index in [9.17, 15) is 0 Å². The van der Waals surface area contributed by atoms with Crippen molar-refractivity contribution in [3.05, 3.63) is 35.9 Å². The monoisotopic (exact) mass is 361 g/mol. The molecule has 1 aromatic rings. The van der Waals surface area contributed by atoms with Gasteiger partial charge in [0.25, 0.3) is 0 Å². The van der Waals surface area contributed by atoms with Gasteiger partial charge in [-0.2, -0.15) is 0 Å². The molecule has 146 valence electrons. The van der Waals surface area contributed by atoms with E-state index in [0.717, 1.165) is 58.2 Å². The van der Waals surface area contributed by atoms with Crippen molar-refractivity contribution in [3.63, 3.8) is 0 Å². The molecule has 0 aromatic heterocycles. The second-order valence-electron chi connectivity index (χ2n) is 6.80. The average molecular weight is 362 g/mol. The van der Waals surface area contributed by atoms with Crippen LogP contribution < -0.4 is 5.32 Å². The van der Waals surface area contributed by atoms with Gasteiger partial charge in [0.15, 0.2) is 5.96 Å². The second kappa shape index (κ2) is 12.7. The van der Waals surface area contributed by atoms with Crippen molar-refractivity contribution in [1.29, 1.82) is 0 Å². The molecule has 1 aliphatic heterocycles. The minimum absolute atomic E-state index is 0.573. The molecule has 26 heavy (non-hydrogen) atoms. The Balaban J connectivity index is 1.69. The van der Waals surface area contributed by atoms with Crippen molar-refractivity contribution in [2.45, 2.75) is 39.7 Å². The Morgan fingerprint density at radius 3 is 2.81 bits per heavy atom. The molecule has 0 aliphatic carbocycles. The van der Waals surface area contributed by atoms with Crippen LogP contribution in [-0.4, -0.2) is 56.9 Å². The zero-order chi connectivity index (χ0) is 18.5. The molecule has 1 aromatic carbocycles. The fraction of sp³-hybridized carbons (Fsp3) is 0.667. The Morgan fingerprint density at radius 1 is 1.19 bits per heavy atom. The van der Waals surface area contributed by atoms with Crippen LogP contribution in [0.15, 0.2) is 35.3 Å². The average Bonchev–Trinajstić information content (AvgIpc) is 3.13. The summed E-state index contributed by atoms with van der Waals surface area (Å²) < 4.78 is 11.5. The lowest BCUT2D eigenvalue weighted by Crippen LogP contribution is -2.40. The summed E-state index contributed by atoms with van der Waals surface area (Å²) in [7, 11) is 0. The molecule has 0 spiro atoms. The van der Waals surface area contributed by atoms with Crippen molar-refractivity contribution in [1.82, 2.24) is 10.2 Å². The third-order valence-corrected chi connectivity index (χ3v) is 4.52. The van der Waals surface area contributed by atoms with Gasteiger partial charge in [-0.25, -0.2) is 0 Å². The van der Waals surface area contributed by atoms with Gasteiger partial charge in [0, 0.05) is 32.2 Å². The zero-order valence-electron chi connectivity index (χ0n) is 16.5. The van der Waals surface area contributed by atoms with Crippen molar-refractivity contribution >= 4 is 5.96 Å². The molecule has 5 heteroatoms. The molecule has 1 unspecified atom stereocenters. The Labute approximate surface area is 158 Å². The first-order valence-corrected chi connectivity index (χ1v) is 10.1. The van der Waals surface area contributed by atoms with Crippen LogP contribution in [-0.2, 0) is 16.1 Å². The molecular formula is C21H35N3O2. The number of nitrogens with one attached hydrogen (secondary N) is 1. The highest BCUT2D eigenvalue weighted by atomic mass is 16.5. The molecule has 5 nitrogen and oxygen atoms in total. The van der Waals surface area contributed by atoms with Crippen LogP contribution in [0.4, 0.5) is 0 Å². The molecule has 1 aliphatic rings. The van der Waals surface area contributed by atoms with Crippen LogP contribution in [0.1, 0.15) is 38.7 Å². The number of likely N-dealkylation sites (tertiary alicyclic amines) is 1. The summed E-state index contributed by atoms with van der Waals surface area (Å²) >= 11 is 0. The molecule has 0 amide bonds. The van der Waals surface area contributed by atoms with Gasteiger partial charge in [-0.1, -0.05) is 43.7 Å². The van der Waals surface area contributed by atoms with E-state index in [1.165, 1.54) is 12.0 Å². The van der Waals surface area contributed by atoms with E-state index in [1.54, 1.807) is 0 Å². The number of unbranched alkanes of at least 4 members (excludes halogenated alkanes) is 1. The fourth-order valence-electron chi connectivity index (χ4n) is 3.07. The molecule has 1 saturated heterocycles. The van der Waals surface area contributed by atoms with E-state index in [4.69, 9.17) is 14.5 Å². The molecule has 2 rings (SSSR count). The van der Waals surface area contributed by atoms with Gasteiger partial charge in [0.2, 0.25) is 0 Å². The van der Waals surface area contributed by atoms with E-state index in [2.05, 4.69) is 48.3 Å². The summed E-state index contributed by atoms with van der Waals surface area (Å²) in [5.74, 6) is 1.58. The van der Waals surface area contributed by atoms with E-state index in [-0.39, 0.29) is 0 Å². The van der Waals surface area contributed by atoms with E-state index >= 15 is 0 Å². The molecule has 0 radical (unpaired) electrons. The summed E-state index contributed by atoms with van der Waals surface area (Å²) in [6.45, 7) is 11.0. The maximum absolute atomic E-state index is 5.92. The van der Waals surface area contributed by atoms with Crippen LogP contribution in [0, 0.1) is 5.92 Å². The lowest BCUT2D eigenvalue weighted by molar-refractivity contribution is 0.0906. The van der Waals surface area contributed by atoms with E-state index in [1.807, 2.05) is 6.07 Å². The second-order valence-corrected chi connectivity index (χ2v) is 6.80. The quantitative estimate of drug-likeness (QED) is 0.373. The first-order valence-electron chi connectivity index (χ1n) is 10.1. The highest BCUT2D eigenvalue weighted by molar-refractivity contribution is 5.80.